The lowest BCUT2D eigenvalue weighted by Crippen LogP contribution is -2.30. The minimum absolute atomic E-state index is 0.0815. The highest BCUT2D eigenvalue weighted by Crippen LogP contribution is 2.16. The number of allylic oxidation sites excluding steroid dienone is 18. The normalized spacial score (nSPS) is 12.8. The molecule has 0 rings (SSSR count). The third-order valence-corrected chi connectivity index (χ3v) is 14.0. The maximum Gasteiger partial charge on any atom is 0.306 e. The Balaban J connectivity index is 4.20. The van der Waals surface area contributed by atoms with Gasteiger partial charge in [0.15, 0.2) is 6.10 Å². The molecule has 0 saturated carbocycles. The molecule has 6 heteroatoms. The van der Waals surface area contributed by atoms with E-state index in [0.29, 0.717) is 19.3 Å². The highest BCUT2D eigenvalue weighted by Gasteiger charge is 2.19. The molecule has 0 fully saturated rings. The summed E-state index contributed by atoms with van der Waals surface area (Å²) in [5, 5.41) is 0. The number of carbonyl (C=O) groups is 3. The van der Waals surface area contributed by atoms with Crippen LogP contribution in [0.5, 0.6) is 0 Å². The first-order valence-corrected chi connectivity index (χ1v) is 32.9. The van der Waals surface area contributed by atoms with Crippen LogP contribution in [0.2, 0.25) is 0 Å². The van der Waals surface area contributed by atoms with E-state index in [1.807, 2.05) is 0 Å². The van der Waals surface area contributed by atoms with Crippen molar-refractivity contribution >= 4 is 17.9 Å². The molecule has 1 atom stereocenters. The lowest BCUT2D eigenvalue weighted by atomic mass is 10.0. The summed E-state index contributed by atoms with van der Waals surface area (Å²) in [6.45, 7) is 6.47. The summed E-state index contributed by atoms with van der Waals surface area (Å²) >= 11 is 0. The van der Waals surface area contributed by atoms with Crippen LogP contribution in [0.15, 0.2) is 109 Å². The van der Waals surface area contributed by atoms with Crippen molar-refractivity contribution in [2.45, 2.75) is 316 Å². The summed E-state index contributed by atoms with van der Waals surface area (Å²) in [5.74, 6) is -0.889. The first kappa shape index (κ1) is 74.1. The van der Waals surface area contributed by atoms with Crippen molar-refractivity contribution in [1.29, 1.82) is 0 Å². The van der Waals surface area contributed by atoms with E-state index in [1.165, 1.54) is 141 Å². The van der Waals surface area contributed by atoms with Crippen LogP contribution >= 0.6 is 0 Å². The molecule has 0 amide bonds. The Kier molecular flexibility index (Phi) is 62.3. The maximum atomic E-state index is 12.9. The van der Waals surface area contributed by atoms with Crippen LogP contribution in [0.1, 0.15) is 310 Å². The largest absolute Gasteiger partial charge is 0.462 e. The molecule has 0 saturated heterocycles. The second kappa shape index (κ2) is 65.6. The fraction of sp³-hybridized carbons (Fsp3) is 0.708. The van der Waals surface area contributed by atoms with Gasteiger partial charge in [-0.1, -0.05) is 297 Å². The van der Waals surface area contributed by atoms with Crippen molar-refractivity contribution in [2.24, 2.45) is 0 Å². The second-order valence-electron chi connectivity index (χ2n) is 21.6. The lowest BCUT2D eigenvalue weighted by Gasteiger charge is -2.18. The molecule has 6 nitrogen and oxygen atoms in total. The van der Waals surface area contributed by atoms with Crippen LogP contribution in [-0.2, 0) is 28.6 Å². The Morgan fingerprint density at radius 2 is 0.526 bits per heavy atom. The van der Waals surface area contributed by atoms with Crippen LogP contribution in [0.3, 0.4) is 0 Å². The van der Waals surface area contributed by atoms with Gasteiger partial charge in [0.05, 0.1) is 0 Å². The van der Waals surface area contributed by atoms with Crippen molar-refractivity contribution in [3.8, 4) is 0 Å². The minimum Gasteiger partial charge on any atom is -0.462 e. The number of hydrogen-bond donors (Lipinski definition) is 0. The van der Waals surface area contributed by atoms with E-state index in [2.05, 4.69) is 130 Å². The van der Waals surface area contributed by atoms with Crippen LogP contribution in [0, 0.1) is 0 Å². The van der Waals surface area contributed by atoms with Crippen molar-refractivity contribution in [3.05, 3.63) is 109 Å². The molecular formula is C72H122O6. The topological polar surface area (TPSA) is 78.9 Å². The molecule has 0 N–H and O–H groups in total. The van der Waals surface area contributed by atoms with Gasteiger partial charge in [-0.25, -0.2) is 0 Å². The predicted molar refractivity (Wildman–Crippen MR) is 339 cm³/mol. The molecule has 78 heavy (non-hydrogen) atoms. The smallest absolute Gasteiger partial charge is 0.306 e. The van der Waals surface area contributed by atoms with Crippen molar-refractivity contribution in [2.75, 3.05) is 13.2 Å². The van der Waals surface area contributed by atoms with E-state index in [-0.39, 0.29) is 31.1 Å². The van der Waals surface area contributed by atoms with Gasteiger partial charge in [0.1, 0.15) is 13.2 Å². The quantitative estimate of drug-likeness (QED) is 0.0261. The summed E-state index contributed by atoms with van der Waals surface area (Å²) in [4.78, 5) is 38.3. The lowest BCUT2D eigenvalue weighted by molar-refractivity contribution is -0.167. The van der Waals surface area contributed by atoms with E-state index >= 15 is 0 Å². The Hall–Kier alpha value is -3.93. The Morgan fingerprint density at radius 1 is 0.269 bits per heavy atom. The summed E-state index contributed by atoms with van der Waals surface area (Å²) in [7, 11) is 0. The third kappa shape index (κ3) is 62.9. The molecular weight excluding hydrogens is 961 g/mol. The summed E-state index contributed by atoms with van der Waals surface area (Å²) < 4.78 is 16.9. The predicted octanol–water partition coefficient (Wildman–Crippen LogP) is 22.6. The Bertz CT molecular complexity index is 1570. The molecule has 0 aliphatic heterocycles. The average Bonchev–Trinajstić information content (AvgIpc) is 3.44. The van der Waals surface area contributed by atoms with Crippen LogP contribution < -0.4 is 0 Å². The van der Waals surface area contributed by atoms with Gasteiger partial charge in [-0.05, 0) is 103 Å². The zero-order chi connectivity index (χ0) is 56.4. The zero-order valence-corrected chi connectivity index (χ0v) is 51.2. The van der Waals surface area contributed by atoms with Gasteiger partial charge in [0, 0.05) is 19.3 Å². The van der Waals surface area contributed by atoms with Gasteiger partial charge < -0.3 is 14.2 Å². The van der Waals surface area contributed by atoms with Crippen molar-refractivity contribution in [3.63, 3.8) is 0 Å². The first-order chi connectivity index (χ1) is 38.5. The van der Waals surface area contributed by atoms with E-state index in [0.717, 1.165) is 128 Å². The van der Waals surface area contributed by atoms with Crippen molar-refractivity contribution in [1.82, 2.24) is 0 Å². The molecule has 0 spiro atoms. The Morgan fingerprint density at radius 3 is 0.833 bits per heavy atom. The summed E-state index contributed by atoms with van der Waals surface area (Å²) in [6.07, 6.45) is 89.6. The van der Waals surface area contributed by atoms with Gasteiger partial charge >= 0.3 is 17.9 Å². The molecule has 0 aliphatic carbocycles. The molecule has 0 aromatic heterocycles. The fourth-order valence-corrected chi connectivity index (χ4v) is 9.11. The second-order valence-corrected chi connectivity index (χ2v) is 21.6. The molecule has 0 aromatic carbocycles. The standard InChI is InChI=1S/C72H122O6/c1-4-7-10-13-16-19-22-25-27-28-29-30-31-32-33-34-35-36-37-38-39-40-41-42-43-44-45-48-50-53-56-59-62-65-71(74)77-68-69(67-76-70(73)64-61-58-55-52-49-46-24-21-18-15-12-9-6-3)78-72(75)66-63-60-57-54-51-47-26-23-20-17-14-11-8-5-2/h7,10,12,15-16,19,21,24-25,27,29-30,32-33,35-36,38-39,69H,4-6,8-9,11,13-14,17-18,20,22-23,26,28,31,34,37,40-68H2,1-3H3/b10-7-,15-12-,19-16-,24-21-,27-25-,30-29-,33-32-,36-35-,39-38-. The number of ether oxygens (including phenoxy) is 3. The van der Waals surface area contributed by atoms with Crippen LogP contribution in [0.4, 0.5) is 0 Å². The van der Waals surface area contributed by atoms with E-state index in [4.69, 9.17) is 14.2 Å². The number of rotatable bonds is 59. The minimum atomic E-state index is -0.784. The highest BCUT2D eigenvalue weighted by molar-refractivity contribution is 5.71. The maximum absolute atomic E-state index is 12.9. The SMILES string of the molecule is CC/C=C\C/C=C\C/C=C\C/C=C\C/C=C\C/C=C\C/C=C\CCCCCCCCCCCCCC(=O)OCC(COC(=O)CCCCCCC/C=C\C/C=C\CCC)OC(=O)CCCCCCCCCCCCCCCC. The number of hydrogen-bond acceptors (Lipinski definition) is 6. The fourth-order valence-electron chi connectivity index (χ4n) is 9.11. The van der Waals surface area contributed by atoms with Gasteiger partial charge in [-0.2, -0.15) is 0 Å². The number of esters is 3. The van der Waals surface area contributed by atoms with E-state index in [9.17, 15) is 14.4 Å². The highest BCUT2D eigenvalue weighted by atomic mass is 16.6. The molecule has 446 valence electrons. The number of carbonyl (C=O) groups excluding carboxylic acids is 3. The summed E-state index contributed by atoms with van der Waals surface area (Å²) in [5.41, 5.74) is 0. The third-order valence-electron chi connectivity index (χ3n) is 14.0. The molecule has 0 bridgehead atoms. The number of unbranched alkanes of at least 4 members (excludes halogenated alkanes) is 30. The molecule has 0 aromatic rings. The van der Waals surface area contributed by atoms with E-state index < -0.39 is 6.10 Å². The van der Waals surface area contributed by atoms with Gasteiger partial charge in [-0.15, -0.1) is 0 Å². The van der Waals surface area contributed by atoms with Gasteiger partial charge in [-0.3, -0.25) is 14.4 Å². The average molecular weight is 1080 g/mol. The zero-order valence-electron chi connectivity index (χ0n) is 51.2. The Labute approximate surface area is 482 Å². The van der Waals surface area contributed by atoms with Crippen molar-refractivity contribution < 1.29 is 28.6 Å². The molecule has 0 radical (unpaired) electrons. The molecule has 0 aliphatic rings. The van der Waals surface area contributed by atoms with Gasteiger partial charge in [0.2, 0.25) is 0 Å². The van der Waals surface area contributed by atoms with E-state index in [1.54, 1.807) is 0 Å². The van der Waals surface area contributed by atoms with Crippen LogP contribution in [-0.4, -0.2) is 37.2 Å². The van der Waals surface area contributed by atoms with Gasteiger partial charge in [0.25, 0.3) is 0 Å². The van der Waals surface area contributed by atoms with Crippen LogP contribution in [0.25, 0.3) is 0 Å². The first-order valence-electron chi connectivity index (χ1n) is 32.9. The summed E-state index contributed by atoms with van der Waals surface area (Å²) in [6, 6.07) is 0. The molecule has 1 unspecified atom stereocenters. The monoisotopic (exact) mass is 1080 g/mol. The molecule has 0 heterocycles.